The summed E-state index contributed by atoms with van der Waals surface area (Å²) in [6, 6.07) is 15.8. The van der Waals surface area contributed by atoms with Crippen LogP contribution in [-0.4, -0.2) is 49.5 Å². The third-order valence-corrected chi connectivity index (χ3v) is 5.61. The Bertz CT molecular complexity index is 845. The van der Waals surface area contributed by atoms with Gasteiger partial charge in [-0.15, -0.1) is 0 Å². The number of methoxy groups -OCH3 is 1. The molecule has 1 atom stereocenters. The van der Waals surface area contributed by atoms with E-state index < -0.39 is 0 Å². The van der Waals surface area contributed by atoms with Crippen LogP contribution < -0.4 is 15.4 Å². The lowest BCUT2D eigenvalue weighted by Gasteiger charge is -2.24. The van der Waals surface area contributed by atoms with Gasteiger partial charge in [0, 0.05) is 30.7 Å². The second-order valence-electron chi connectivity index (χ2n) is 7.95. The summed E-state index contributed by atoms with van der Waals surface area (Å²) in [5.41, 5.74) is 2.52. The molecular formula is C24H31N3O3. The minimum Gasteiger partial charge on any atom is -0.497 e. The van der Waals surface area contributed by atoms with Crippen molar-refractivity contribution in [3.8, 4) is 5.75 Å². The van der Waals surface area contributed by atoms with Gasteiger partial charge in [0.05, 0.1) is 13.5 Å². The van der Waals surface area contributed by atoms with Crippen molar-refractivity contribution in [2.45, 2.75) is 44.8 Å². The predicted molar refractivity (Wildman–Crippen MR) is 118 cm³/mol. The first kappa shape index (κ1) is 21.8. The third kappa shape index (κ3) is 6.32. The zero-order valence-corrected chi connectivity index (χ0v) is 18.0. The quantitative estimate of drug-likeness (QED) is 0.633. The van der Waals surface area contributed by atoms with Gasteiger partial charge in [0.25, 0.3) is 5.91 Å². The first-order valence-electron chi connectivity index (χ1n) is 10.4. The van der Waals surface area contributed by atoms with E-state index in [-0.39, 0.29) is 11.8 Å². The van der Waals surface area contributed by atoms with Gasteiger partial charge < -0.3 is 15.4 Å². The highest BCUT2D eigenvalue weighted by Gasteiger charge is 2.29. The van der Waals surface area contributed by atoms with Crippen LogP contribution in [-0.2, 0) is 17.8 Å². The number of benzene rings is 2. The zero-order valence-electron chi connectivity index (χ0n) is 18.0. The number of carbonyl (C=O) groups is 2. The van der Waals surface area contributed by atoms with E-state index in [1.54, 1.807) is 19.2 Å². The first-order chi connectivity index (χ1) is 14.5. The van der Waals surface area contributed by atoms with Crippen molar-refractivity contribution in [3.05, 3.63) is 65.2 Å². The summed E-state index contributed by atoms with van der Waals surface area (Å²) in [5, 5.41) is 5.93. The Morgan fingerprint density at radius 1 is 1.03 bits per heavy atom. The summed E-state index contributed by atoms with van der Waals surface area (Å²) in [7, 11) is 3.73. The summed E-state index contributed by atoms with van der Waals surface area (Å²) in [6.45, 7) is 3.20. The maximum absolute atomic E-state index is 12.4. The molecule has 0 spiro atoms. The molecule has 1 aliphatic rings. The number of carbonyl (C=O) groups excluding carboxylic acids is 2. The Kier molecular flexibility index (Phi) is 7.46. The van der Waals surface area contributed by atoms with Crippen molar-refractivity contribution >= 4 is 11.8 Å². The van der Waals surface area contributed by atoms with E-state index in [1.165, 1.54) is 12.8 Å². The standard InChI is InChI=1S/C24H31N3O3/c1-17(27(2)21-10-11-21)15-26-24(29)20-8-4-19(5-9-20)16-25-23(28)14-18-6-12-22(30-3)13-7-18/h4-9,12-13,17,21H,10-11,14-16H2,1-3H3,(H,25,28)(H,26,29). The maximum atomic E-state index is 12.4. The van der Waals surface area contributed by atoms with Crippen molar-refractivity contribution in [3.63, 3.8) is 0 Å². The van der Waals surface area contributed by atoms with Crippen molar-refractivity contribution < 1.29 is 14.3 Å². The van der Waals surface area contributed by atoms with Gasteiger partial charge in [-0.05, 0) is 62.2 Å². The molecule has 0 aliphatic heterocycles. The fourth-order valence-corrected chi connectivity index (χ4v) is 3.29. The van der Waals surface area contributed by atoms with Gasteiger partial charge >= 0.3 is 0 Å². The van der Waals surface area contributed by atoms with Gasteiger partial charge in [0.15, 0.2) is 0 Å². The Labute approximate surface area is 178 Å². The van der Waals surface area contributed by atoms with Crippen molar-refractivity contribution in [1.82, 2.24) is 15.5 Å². The lowest BCUT2D eigenvalue weighted by molar-refractivity contribution is -0.120. The highest BCUT2D eigenvalue weighted by atomic mass is 16.5. The summed E-state index contributed by atoms with van der Waals surface area (Å²) >= 11 is 0. The van der Waals surface area contributed by atoms with Crippen LogP contribution in [0.3, 0.4) is 0 Å². The molecule has 2 aromatic rings. The molecule has 2 amide bonds. The zero-order chi connectivity index (χ0) is 21.5. The molecular weight excluding hydrogens is 378 g/mol. The van der Waals surface area contributed by atoms with Crippen LogP contribution in [0.2, 0.25) is 0 Å². The maximum Gasteiger partial charge on any atom is 0.251 e. The van der Waals surface area contributed by atoms with Crippen LogP contribution in [0.5, 0.6) is 5.75 Å². The molecule has 1 fully saturated rings. The highest BCUT2D eigenvalue weighted by molar-refractivity contribution is 5.94. The molecule has 2 aromatic carbocycles. The van der Waals surface area contributed by atoms with Crippen molar-refractivity contribution in [2.24, 2.45) is 0 Å². The van der Waals surface area contributed by atoms with Crippen LogP contribution in [0, 0.1) is 0 Å². The summed E-state index contributed by atoms with van der Waals surface area (Å²) in [5.74, 6) is 0.657. The third-order valence-electron chi connectivity index (χ3n) is 5.61. The molecule has 6 nitrogen and oxygen atoms in total. The van der Waals surface area contributed by atoms with Crippen molar-refractivity contribution in [1.29, 1.82) is 0 Å². The topological polar surface area (TPSA) is 70.7 Å². The number of rotatable bonds is 10. The molecule has 3 rings (SSSR count). The molecule has 0 saturated heterocycles. The minimum atomic E-state index is -0.0684. The monoisotopic (exact) mass is 409 g/mol. The van der Waals surface area contributed by atoms with E-state index >= 15 is 0 Å². The number of ether oxygens (including phenoxy) is 1. The van der Waals surface area contributed by atoms with Gasteiger partial charge in [-0.1, -0.05) is 24.3 Å². The van der Waals surface area contributed by atoms with Crippen molar-refractivity contribution in [2.75, 3.05) is 20.7 Å². The van der Waals surface area contributed by atoms with E-state index in [1.807, 2.05) is 36.4 Å². The van der Waals surface area contributed by atoms with Crippen LogP contribution in [0.1, 0.15) is 41.3 Å². The average Bonchev–Trinajstić information content (AvgIpc) is 3.61. The van der Waals surface area contributed by atoms with Crippen LogP contribution in [0.25, 0.3) is 0 Å². The first-order valence-corrected chi connectivity index (χ1v) is 10.4. The van der Waals surface area contributed by atoms with Gasteiger partial charge in [-0.25, -0.2) is 0 Å². The fraction of sp³-hybridized carbons (Fsp3) is 0.417. The Balaban J connectivity index is 1.41. The summed E-state index contributed by atoms with van der Waals surface area (Å²) < 4.78 is 5.12. The molecule has 6 heteroatoms. The molecule has 2 N–H and O–H groups in total. The lowest BCUT2D eigenvalue weighted by atomic mass is 10.1. The van der Waals surface area contributed by atoms with E-state index in [9.17, 15) is 9.59 Å². The molecule has 0 heterocycles. The number of amides is 2. The summed E-state index contributed by atoms with van der Waals surface area (Å²) in [4.78, 5) is 26.9. The highest BCUT2D eigenvalue weighted by Crippen LogP contribution is 2.26. The molecule has 0 radical (unpaired) electrons. The largest absolute Gasteiger partial charge is 0.497 e. The van der Waals surface area contributed by atoms with Crippen LogP contribution >= 0.6 is 0 Å². The number of nitrogens with zero attached hydrogens (tertiary/aromatic N) is 1. The van der Waals surface area contributed by atoms with Gasteiger partial charge in [0.2, 0.25) is 5.91 Å². The minimum absolute atomic E-state index is 0.0456. The molecule has 1 aliphatic carbocycles. The van der Waals surface area contributed by atoms with Crippen LogP contribution in [0.4, 0.5) is 0 Å². The number of hydrogen-bond donors (Lipinski definition) is 2. The molecule has 160 valence electrons. The molecule has 1 unspecified atom stereocenters. The van der Waals surface area contributed by atoms with E-state index in [0.29, 0.717) is 37.2 Å². The Hall–Kier alpha value is -2.86. The van der Waals surface area contributed by atoms with E-state index in [2.05, 4.69) is 29.5 Å². The number of nitrogens with one attached hydrogen (secondary N) is 2. The second-order valence-corrected chi connectivity index (χ2v) is 7.95. The van der Waals surface area contributed by atoms with Gasteiger partial charge in [0.1, 0.15) is 5.75 Å². The molecule has 1 saturated carbocycles. The van der Waals surface area contributed by atoms with Gasteiger partial charge in [-0.3, -0.25) is 14.5 Å². The predicted octanol–water partition coefficient (Wildman–Crippen LogP) is 2.77. The van der Waals surface area contributed by atoms with Gasteiger partial charge in [-0.2, -0.15) is 0 Å². The Morgan fingerprint density at radius 2 is 1.67 bits per heavy atom. The van der Waals surface area contributed by atoms with E-state index in [4.69, 9.17) is 4.74 Å². The summed E-state index contributed by atoms with van der Waals surface area (Å²) in [6.07, 6.45) is 2.83. The number of hydrogen-bond acceptors (Lipinski definition) is 4. The molecule has 0 bridgehead atoms. The smallest absolute Gasteiger partial charge is 0.251 e. The second kappa shape index (κ2) is 10.3. The normalized spacial score (nSPS) is 14.3. The van der Waals surface area contributed by atoms with E-state index in [0.717, 1.165) is 16.9 Å². The fourth-order valence-electron chi connectivity index (χ4n) is 3.29. The molecule has 0 aromatic heterocycles. The average molecular weight is 410 g/mol. The lowest BCUT2D eigenvalue weighted by Crippen LogP contribution is -2.41. The Morgan fingerprint density at radius 3 is 2.27 bits per heavy atom. The van der Waals surface area contributed by atoms with Crippen LogP contribution in [0.15, 0.2) is 48.5 Å². The number of likely N-dealkylation sites (N-methyl/N-ethyl adjacent to an activating group) is 1. The molecule has 30 heavy (non-hydrogen) atoms. The SMILES string of the molecule is COc1ccc(CC(=O)NCc2ccc(C(=O)NCC(C)N(C)C3CC3)cc2)cc1.